The summed E-state index contributed by atoms with van der Waals surface area (Å²) in [5.41, 5.74) is -2.04. The fourth-order valence-corrected chi connectivity index (χ4v) is 1.52. The summed E-state index contributed by atoms with van der Waals surface area (Å²) in [6, 6.07) is 2.72. The molecule has 0 saturated heterocycles. The number of halogens is 6. The highest BCUT2D eigenvalue weighted by molar-refractivity contribution is 5.93. The molecule has 0 radical (unpaired) electrons. The fraction of sp³-hybridized carbons (Fsp3) is 0.333. The van der Waals surface area contributed by atoms with E-state index in [1.54, 1.807) is 0 Å². The zero-order chi connectivity index (χ0) is 16.4. The van der Waals surface area contributed by atoms with Gasteiger partial charge >= 0.3 is 12.4 Å². The van der Waals surface area contributed by atoms with Gasteiger partial charge in [0.1, 0.15) is 11.7 Å². The van der Waals surface area contributed by atoms with Gasteiger partial charge in [0, 0.05) is 0 Å². The molecule has 0 spiro atoms. The number of carbonyl (C=O) groups excluding carboxylic acids is 1. The Morgan fingerprint density at radius 1 is 1.19 bits per heavy atom. The van der Waals surface area contributed by atoms with E-state index >= 15 is 0 Å². The smallest absolute Gasteiger partial charge is 0.451 e. The summed E-state index contributed by atoms with van der Waals surface area (Å²) >= 11 is 0. The molecule has 114 valence electrons. The zero-order valence-corrected chi connectivity index (χ0v) is 10.3. The average molecular weight is 311 g/mol. The van der Waals surface area contributed by atoms with E-state index in [0.29, 0.717) is 12.1 Å². The van der Waals surface area contributed by atoms with E-state index in [9.17, 15) is 31.1 Å². The second-order valence-corrected chi connectivity index (χ2v) is 3.92. The maximum Gasteiger partial charge on any atom is 0.451 e. The van der Waals surface area contributed by atoms with E-state index in [2.05, 4.69) is 4.74 Å². The van der Waals surface area contributed by atoms with Gasteiger partial charge in [0.15, 0.2) is 0 Å². The number of methoxy groups -OCH3 is 1. The van der Waals surface area contributed by atoms with Crippen LogP contribution in [-0.4, -0.2) is 19.1 Å². The number of rotatable bonds is 3. The first kappa shape index (κ1) is 16.8. The van der Waals surface area contributed by atoms with Crippen LogP contribution in [0.4, 0.5) is 26.3 Å². The first-order valence-corrected chi connectivity index (χ1v) is 5.27. The highest BCUT2D eigenvalue weighted by Crippen LogP contribution is 2.36. The van der Waals surface area contributed by atoms with E-state index in [4.69, 9.17) is 5.26 Å². The molecule has 1 aromatic rings. The molecule has 0 saturated carbocycles. The summed E-state index contributed by atoms with van der Waals surface area (Å²) in [7, 11) is 1.01. The van der Waals surface area contributed by atoms with Crippen molar-refractivity contribution < 1.29 is 35.9 Å². The molecule has 0 aliphatic heterocycles. The third kappa shape index (κ3) is 3.87. The lowest BCUT2D eigenvalue weighted by Crippen LogP contribution is -2.28. The fourth-order valence-electron chi connectivity index (χ4n) is 1.52. The predicted molar refractivity (Wildman–Crippen MR) is 57.4 cm³/mol. The summed E-state index contributed by atoms with van der Waals surface area (Å²) in [5, 5.41) is 8.68. The van der Waals surface area contributed by atoms with Crippen molar-refractivity contribution in [3.8, 4) is 11.8 Å². The average Bonchev–Trinajstić information content (AvgIpc) is 2.37. The van der Waals surface area contributed by atoms with Crippen LogP contribution in [0.15, 0.2) is 18.2 Å². The largest absolute Gasteiger partial charge is 0.497 e. The summed E-state index contributed by atoms with van der Waals surface area (Å²) in [4.78, 5) is 11.1. The predicted octanol–water partition coefficient (Wildman–Crippen LogP) is 3.45. The van der Waals surface area contributed by atoms with Gasteiger partial charge in [0.25, 0.3) is 5.78 Å². The number of Topliss-reactive ketones (excluding diaryl/α,β-unsaturated/α-hetero) is 1. The number of carbonyl (C=O) groups is 1. The molecule has 1 aromatic carbocycles. The highest BCUT2D eigenvalue weighted by atomic mass is 19.4. The second-order valence-electron chi connectivity index (χ2n) is 3.92. The van der Waals surface area contributed by atoms with Crippen LogP contribution >= 0.6 is 0 Å². The lowest BCUT2D eigenvalue weighted by atomic mass is 9.94. The molecule has 0 aliphatic rings. The van der Waals surface area contributed by atoms with Crippen molar-refractivity contribution in [2.75, 3.05) is 7.11 Å². The lowest BCUT2D eigenvalue weighted by Gasteiger charge is -2.15. The molecule has 0 heterocycles. The molecular weight excluding hydrogens is 304 g/mol. The lowest BCUT2D eigenvalue weighted by molar-refractivity contribution is -0.171. The summed E-state index contributed by atoms with van der Waals surface area (Å²) in [5.74, 6) is -5.23. The Hall–Kier alpha value is -2.24. The number of benzene rings is 1. The number of alkyl halides is 6. The van der Waals surface area contributed by atoms with Crippen LogP contribution in [0.5, 0.6) is 5.75 Å². The molecule has 0 aliphatic carbocycles. The number of nitriles is 1. The molecule has 1 atom stereocenters. The number of nitrogens with zero attached hydrogens (tertiary/aromatic N) is 1. The molecule has 1 rings (SSSR count). The second kappa shape index (κ2) is 5.63. The van der Waals surface area contributed by atoms with E-state index in [-0.39, 0.29) is 0 Å². The Labute approximate surface area is 114 Å². The first-order valence-electron chi connectivity index (χ1n) is 5.27. The van der Waals surface area contributed by atoms with Crippen LogP contribution in [0, 0.1) is 11.3 Å². The molecule has 0 aromatic heterocycles. The summed E-state index contributed by atoms with van der Waals surface area (Å²) in [6.45, 7) is 0. The van der Waals surface area contributed by atoms with Crippen molar-refractivity contribution in [1.82, 2.24) is 0 Å². The highest BCUT2D eigenvalue weighted by Gasteiger charge is 2.45. The summed E-state index contributed by atoms with van der Waals surface area (Å²) in [6.07, 6.45) is -10.2. The third-order valence-corrected chi connectivity index (χ3v) is 2.50. The van der Waals surface area contributed by atoms with Crippen LogP contribution in [0.25, 0.3) is 0 Å². The molecule has 3 nitrogen and oxygen atoms in total. The molecule has 21 heavy (non-hydrogen) atoms. The number of hydrogen-bond acceptors (Lipinski definition) is 3. The quantitative estimate of drug-likeness (QED) is 0.803. The van der Waals surface area contributed by atoms with E-state index in [0.717, 1.165) is 19.2 Å². The van der Waals surface area contributed by atoms with Gasteiger partial charge in [-0.15, -0.1) is 0 Å². The molecule has 0 N–H and O–H groups in total. The topological polar surface area (TPSA) is 50.1 Å². The van der Waals surface area contributed by atoms with E-state index in [1.165, 1.54) is 0 Å². The maximum atomic E-state index is 12.6. The van der Waals surface area contributed by atoms with Gasteiger partial charge in [0.2, 0.25) is 0 Å². The molecular formula is C12H7F6NO2. The molecule has 1 unspecified atom stereocenters. The number of ketones is 1. The van der Waals surface area contributed by atoms with Crippen LogP contribution < -0.4 is 4.74 Å². The van der Waals surface area contributed by atoms with Crippen LogP contribution in [0.2, 0.25) is 0 Å². The van der Waals surface area contributed by atoms with Gasteiger partial charge in [-0.3, -0.25) is 4.79 Å². The van der Waals surface area contributed by atoms with Gasteiger partial charge in [0.05, 0.1) is 18.7 Å². The van der Waals surface area contributed by atoms with Crippen molar-refractivity contribution in [3.05, 3.63) is 29.3 Å². The Balaban J connectivity index is 3.41. The first-order chi connectivity index (χ1) is 9.50. The minimum Gasteiger partial charge on any atom is -0.497 e. The molecule has 0 bridgehead atoms. The monoisotopic (exact) mass is 311 g/mol. The zero-order valence-electron chi connectivity index (χ0n) is 10.3. The van der Waals surface area contributed by atoms with Crippen LogP contribution in [0.3, 0.4) is 0 Å². The van der Waals surface area contributed by atoms with Crippen molar-refractivity contribution in [1.29, 1.82) is 5.26 Å². The Kier molecular flexibility index (Phi) is 4.51. The van der Waals surface area contributed by atoms with Crippen molar-refractivity contribution in [2.45, 2.75) is 18.3 Å². The van der Waals surface area contributed by atoms with Gasteiger partial charge in [-0.1, -0.05) is 0 Å². The molecule has 0 fully saturated rings. The Morgan fingerprint density at radius 3 is 2.14 bits per heavy atom. The molecule has 9 heteroatoms. The van der Waals surface area contributed by atoms with Crippen molar-refractivity contribution >= 4 is 5.78 Å². The maximum absolute atomic E-state index is 12.6. The molecule has 0 amide bonds. The number of ether oxygens (including phenoxy) is 1. The number of hydrogen-bond donors (Lipinski definition) is 0. The Bertz CT molecular complexity index is 585. The van der Waals surface area contributed by atoms with Gasteiger partial charge in [-0.05, 0) is 23.8 Å². The summed E-state index contributed by atoms with van der Waals surface area (Å²) < 4.78 is 79.5. The van der Waals surface area contributed by atoms with E-state index in [1.807, 2.05) is 0 Å². The van der Waals surface area contributed by atoms with E-state index < -0.39 is 40.9 Å². The van der Waals surface area contributed by atoms with Gasteiger partial charge in [-0.2, -0.15) is 31.6 Å². The van der Waals surface area contributed by atoms with Gasteiger partial charge in [-0.25, -0.2) is 0 Å². The minimum atomic E-state index is -5.33. The van der Waals surface area contributed by atoms with Crippen LogP contribution in [0.1, 0.15) is 17.0 Å². The SMILES string of the molecule is COc1cc(C(C#N)C(=O)C(F)(F)F)cc(C(F)(F)F)c1. The minimum absolute atomic E-state index is 0.319. The van der Waals surface area contributed by atoms with Crippen molar-refractivity contribution in [3.63, 3.8) is 0 Å². The standard InChI is InChI=1S/C12H7F6NO2/c1-21-8-3-6(2-7(4-8)11(13,14)15)9(5-19)10(20)12(16,17)18/h2-4,9H,1H3. The normalized spacial score (nSPS) is 13.4. The third-order valence-electron chi connectivity index (χ3n) is 2.50. The Morgan fingerprint density at radius 2 is 1.76 bits per heavy atom. The van der Waals surface area contributed by atoms with Crippen LogP contribution in [-0.2, 0) is 11.0 Å². The van der Waals surface area contributed by atoms with Crippen molar-refractivity contribution in [2.24, 2.45) is 0 Å². The van der Waals surface area contributed by atoms with Gasteiger partial charge < -0.3 is 4.74 Å².